The highest BCUT2D eigenvalue weighted by Crippen LogP contribution is 2.11. The average molecular weight is 213 g/mol. The zero-order valence-electron chi connectivity index (χ0n) is 8.74. The highest BCUT2D eigenvalue weighted by molar-refractivity contribution is 5.22. The van der Waals surface area contributed by atoms with Gasteiger partial charge in [-0.3, -0.25) is 0 Å². The van der Waals surface area contributed by atoms with Gasteiger partial charge in [0.1, 0.15) is 24.3 Å². The van der Waals surface area contributed by atoms with Gasteiger partial charge in [0.2, 0.25) is 0 Å². The molecule has 0 saturated carbocycles. The van der Waals surface area contributed by atoms with Crippen molar-refractivity contribution in [2.75, 3.05) is 19.7 Å². The summed E-state index contributed by atoms with van der Waals surface area (Å²) in [6.45, 7) is 3.40. The molecule has 0 heterocycles. The molecule has 0 amide bonds. The second-order valence-electron chi connectivity index (χ2n) is 3.23. The van der Waals surface area contributed by atoms with Crippen LogP contribution < -0.4 is 10.1 Å². The van der Waals surface area contributed by atoms with Gasteiger partial charge in [-0.25, -0.2) is 4.39 Å². The summed E-state index contributed by atoms with van der Waals surface area (Å²) in [7, 11) is 0. The Morgan fingerprint density at radius 2 is 2.33 bits per heavy atom. The molecule has 1 unspecified atom stereocenters. The predicted molar refractivity (Wildman–Crippen MR) is 56.4 cm³/mol. The van der Waals surface area contributed by atoms with Gasteiger partial charge in [0.05, 0.1) is 0 Å². The number of benzene rings is 1. The first-order valence-electron chi connectivity index (χ1n) is 4.99. The molecule has 0 spiro atoms. The van der Waals surface area contributed by atoms with E-state index in [9.17, 15) is 9.50 Å². The van der Waals surface area contributed by atoms with Crippen molar-refractivity contribution in [1.82, 2.24) is 5.32 Å². The standard InChI is InChI=1S/C11H16FNO2/c1-2-13-7-10(14)8-15-11-5-3-4-9(12)6-11/h3-6,10,13-14H,2,7-8H2,1H3. The third-order valence-corrected chi connectivity index (χ3v) is 1.87. The molecule has 1 aromatic rings. The molecule has 1 rings (SSSR count). The van der Waals surface area contributed by atoms with Crippen LogP contribution in [0.5, 0.6) is 5.75 Å². The zero-order valence-corrected chi connectivity index (χ0v) is 8.74. The summed E-state index contributed by atoms with van der Waals surface area (Å²) in [4.78, 5) is 0. The SMILES string of the molecule is CCNCC(O)COc1cccc(F)c1. The van der Waals surface area contributed by atoms with E-state index in [0.717, 1.165) is 6.54 Å². The van der Waals surface area contributed by atoms with E-state index in [-0.39, 0.29) is 12.4 Å². The van der Waals surface area contributed by atoms with Crippen molar-refractivity contribution in [3.05, 3.63) is 30.1 Å². The quantitative estimate of drug-likeness (QED) is 0.745. The average Bonchev–Trinajstić information content (AvgIpc) is 2.23. The van der Waals surface area contributed by atoms with Crippen molar-refractivity contribution in [2.45, 2.75) is 13.0 Å². The molecule has 0 aliphatic rings. The lowest BCUT2D eigenvalue weighted by atomic mass is 10.3. The molecule has 4 heteroatoms. The Bertz CT molecular complexity index is 294. The summed E-state index contributed by atoms with van der Waals surface area (Å²) < 4.78 is 18.0. The van der Waals surface area contributed by atoms with Crippen LogP contribution in [0.15, 0.2) is 24.3 Å². The number of likely N-dealkylation sites (N-methyl/N-ethyl adjacent to an activating group) is 1. The Balaban J connectivity index is 2.30. The highest BCUT2D eigenvalue weighted by Gasteiger charge is 2.04. The minimum absolute atomic E-state index is 0.163. The first-order valence-corrected chi connectivity index (χ1v) is 4.99. The van der Waals surface area contributed by atoms with Gasteiger partial charge < -0.3 is 15.2 Å². The number of aliphatic hydroxyl groups is 1. The number of nitrogens with one attached hydrogen (secondary N) is 1. The van der Waals surface area contributed by atoms with Crippen LogP contribution in [0.3, 0.4) is 0 Å². The Morgan fingerprint density at radius 1 is 1.53 bits per heavy atom. The minimum Gasteiger partial charge on any atom is -0.491 e. The van der Waals surface area contributed by atoms with Crippen molar-refractivity contribution < 1.29 is 14.2 Å². The lowest BCUT2D eigenvalue weighted by molar-refractivity contribution is 0.107. The smallest absolute Gasteiger partial charge is 0.126 e. The topological polar surface area (TPSA) is 41.5 Å². The molecule has 15 heavy (non-hydrogen) atoms. The first kappa shape index (κ1) is 11.9. The molecule has 0 fully saturated rings. The van der Waals surface area contributed by atoms with E-state index >= 15 is 0 Å². The number of rotatable bonds is 6. The molecular weight excluding hydrogens is 197 g/mol. The Hall–Kier alpha value is -1.13. The lowest BCUT2D eigenvalue weighted by Crippen LogP contribution is -2.31. The van der Waals surface area contributed by atoms with Crippen molar-refractivity contribution in [3.63, 3.8) is 0 Å². The Kier molecular flexibility index (Phi) is 5.07. The van der Waals surface area contributed by atoms with Crippen LogP contribution in [0, 0.1) is 5.82 Å². The fourth-order valence-corrected chi connectivity index (χ4v) is 1.12. The number of hydrogen-bond acceptors (Lipinski definition) is 3. The molecule has 1 atom stereocenters. The van der Waals surface area contributed by atoms with Crippen molar-refractivity contribution in [1.29, 1.82) is 0 Å². The highest BCUT2D eigenvalue weighted by atomic mass is 19.1. The second kappa shape index (κ2) is 6.37. The summed E-state index contributed by atoms with van der Waals surface area (Å²) in [5, 5.41) is 12.4. The fraction of sp³-hybridized carbons (Fsp3) is 0.455. The normalized spacial score (nSPS) is 12.5. The van der Waals surface area contributed by atoms with Gasteiger partial charge in [0.15, 0.2) is 0 Å². The van der Waals surface area contributed by atoms with E-state index in [0.29, 0.717) is 12.3 Å². The molecule has 0 radical (unpaired) electrons. The van der Waals surface area contributed by atoms with Crippen LogP contribution in [0.1, 0.15) is 6.92 Å². The van der Waals surface area contributed by atoms with Crippen molar-refractivity contribution >= 4 is 0 Å². The summed E-state index contributed by atoms with van der Waals surface area (Å²) in [5.74, 6) is 0.0965. The Labute approximate surface area is 88.9 Å². The third-order valence-electron chi connectivity index (χ3n) is 1.87. The summed E-state index contributed by atoms with van der Waals surface area (Å²) in [6.07, 6.45) is -0.576. The monoisotopic (exact) mass is 213 g/mol. The predicted octanol–water partition coefficient (Wildman–Crippen LogP) is 1.17. The molecule has 0 aliphatic heterocycles. The lowest BCUT2D eigenvalue weighted by Gasteiger charge is -2.12. The van der Waals surface area contributed by atoms with Crippen LogP contribution in [-0.2, 0) is 0 Å². The Morgan fingerprint density at radius 3 is 3.00 bits per heavy atom. The maximum Gasteiger partial charge on any atom is 0.126 e. The number of halogens is 1. The van der Waals surface area contributed by atoms with Crippen LogP contribution in [0.2, 0.25) is 0 Å². The maximum atomic E-state index is 12.7. The summed E-state index contributed by atoms with van der Waals surface area (Å²) in [5.41, 5.74) is 0. The third kappa shape index (κ3) is 4.76. The molecule has 0 bridgehead atoms. The van der Waals surface area contributed by atoms with Crippen LogP contribution in [0.4, 0.5) is 4.39 Å². The summed E-state index contributed by atoms with van der Waals surface area (Å²) in [6, 6.07) is 5.87. The second-order valence-corrected chi connectivity index (χ2v) is 3.23. The van der Waals surface area contributed by atoms with Crippen LogP contribution in [0.25, 0.3) is 0 Å². The summed E-state index contributed by atoms with van der Waals surface area (Å²) >= 11 is 0. The molecule has 3 nitrogen and oxygen atoms in total. The van der Waals surface area contributed by atoms with E-state index < -0.39 is 6.10 Å². The van der Waals surface area contributed by atoms with Gasteiger partial charge in [-0.2, -0.15) is 0 Å². The van der Waals surface area contributed by atoms with Crippen molar-refractivity contribution in [3.8, 4) is 5.75 Å². The largest absolute Gasteiger partial charge is 0.491 e. The van der Waals surface area contributed by atoms with Gasteiger partial charge in [-0.15, -0.1) is 0 Å². The maximum absolute atomic E-state index is 12.7. The molecule has 0 aliphatic carbocycles. The molecular formula is C11H16FNO2. The number of hydrogen-bond donors (Lipinski definition) is 2. The van der Waals surface area contributed by atoms with E-state index in [1.165, 1.54) is 12.1 Å². The van der Waals surface area contributed by atoms with E-state index in [1.54, 1.807) is 12.1 Å². The number of ether oxygens (including phenoxy) is 1. The number of aliphatic hydroxyl groups excluding tert-OH is 1. The molecule has 0 aromatic heterocycles. The van der Waals surface area contributed by atoms with Gasteiger partial charge in [-0.1, -0.05) is 13.0 Å². The van der Waals surface area contributed by atoms with E-state index in [4.69, 9.17) is 4.74 Å². The molecule has 84 valence electrons. The van der Waals surface area contributed by atoms with Gasteiger partial charge in [-0.05, 0) is 18.7 Å². The molecule has 2 N–H and O–H groups in total. The van der Waals surface area contributed by atoms with Gasteiger partial charge in [0.25, 0.3) is 0 Å². The van der Waals surface area contributed by atoms with Gasteiger partial charge >= 0.3 is 0 Å². The van der Waals surface area contributed by atoms with Crippen LogP contribution >= 0.6 is 0 Å². The van der Waals surface area contributed by atoms with Crippen LogP contribution in [-0.4, -0.2) is 30.9 Å². The fourth-order valence-electron chi connectivity index (χ4n) is 1.12. The van der Waals surface area contributed by atoms with E-state index in [2.05, 4.69) is 5.32 Å². The minimum atomic E-state index is -0.576. The zero-order chi connectivity index (χ0) is 11.1. The molecule has 1 aromatic carbocycles. The van der Waals surface area contributed by atoms with Gasteiger partial charge in [0, 0.05) is 12.6 Å². The van der Waals surface area contributed by atoms with E-state index in [1.807, 2.05) is 6.92 Å². The van der Waals surface area contributed by atoms with Crippen molar-refractivity contribution in [2.24, 2.45) is 0 Å². The molecule has 0 saturated heterocycles. The first-order chi connectivity index (χ1) is 7.22.